The summed E-state index contributed by atoms with van der Waals surface area (Å²) in [5.74, 6) is 1.59. The standard InChI is InChI=1S/C16H19NO/c1-16(10-17)7-6-11-4-3-5-12-8-13(18-2)9-14(16)15(11)12/h8-9,11H,3-7H2,1-2H3/t11-,16-/m0/s1. The second kappa shape index (κ2) is 4.02. The summed E-state index contributed by atoms with van der Waals surface area (Å²) < 4.78 is 5.41. The monoisotopic (exact) mass is 241 g/mol. The molecule has 0 fully saturated rings. The lowest BCUT2D eigenvalue weighted by molar-refractivity contribution is 0.385. The largest absolute Gasteiger partial charge is 0.497 e. The lowest BCUT2D eigenvalue weighted by Crippen LogP contribution is -2.30. The SMILES string of the molecule is COc1cc2c3c(c1)[C@](C)(C#N)CC[C@@H]3CCC2. The number of rotatable bonds is 1. The summed E-state index contributed by atoms with van der Waals surface area (Å²) in [4.78, 5) is 0. The van der Waals surface area contributed by atoms with Crippen molar-refractivity contribution in [1.29, 1.82) is 5.26 Å². The Morgan fingerprint density at radius 1 is 1.39 bits per heavy atom. The van der Waals surface area contributed by atoms with E-state index in [1.54, 1.807) is 7.11 Å². The van der Waals surface area contributed by atoms with Crippen molar-refractivity contribution in [3.05, 3.63) is 28.8 Å². The Morgan fingerprint density at radius 2 is 2.22 bits per heavy atom. The molecule has 1 aromatic rings. The minimum atomic E-state index is -0.327. The first-order valence-corrected chi connectivity index (χ1v) is 6.80. The number of ether oxygens (including phenoxy) is 1. The van der Waals surface area contributed by atoms with Crippen LogP contribution >= 0.6 is 0 Å². The molecule has 0 amide bonds. The Hall–Kier alpha value is -1.49. The lowest BCUT2D eigenvalue weighted by Gasteiger charge is -2.39. The highest BCUT2D eigenvalue weighted by Crippen LogP contribution is 2.49. The summed E-state index contributed by atoms with van der Waals surface area (Å²) in [5, 5.41) is 9.54. The van der Waals surface area contributed by atoms with Gasteiger partial charge in [0.15, 0.2) is 0 Å². The topological polar surface area (TPSA) is 33.0 Å². The molecule has 0 heterocycles. The minimum Gasteiger partial charge on any atom is -0.497 e. The van der Waals surface area contributed by atoms with Gasteiger partial charge >= 0.3 is 0 Å². The van der Waals surface area contributed by atoms with Gasteiger partial charge in [0.25, 0.3) is 0 Å². The molecular weight excluding hydrogens is 222 g/mol. The van der Waals surface area contributed by atoms with E-state index >= 15 is 0 Å². The van der Waals surface area contributed by atoms with Gasteiger partial charge in [0.05, 0.1) is 18.6 Å². The molecule has 0 radical (unpaired) electrons. The fourth-order valence-electron chi connectivity index (χ4n) is 3.63. The van der Waals surface area contributed by atoms with E-state index in [-0.39, 0.29) is 5.41 Å². The molecule has 0 aliphatic heterocycles. The zero-order valence-electron chi connectivity index (χ0n) is 11.1. The van der Waals surface area contributed by atoms with Crippen LogP contribution in [0.4, 0.5) is 0 Å². The Kier molecular flexibility index (Phi) is 2.59. The van der Waals surface area contributed by atoms with E-state index in [1.165, 1.54) is 29.5 Å². The van der Waals surface area contributed by atoms with Crippen LogP contribution in [0.3, 0.4) is 0 Å². The maximum Gasteiger partial charge on any atom is 0.119 e. The van der Waals surface area contributed by atoms with Gasteiger partial charge in [-0.25, -0.2) is 0 Å². The average Bonchev–Trinajstić information content (AvgIpc) is 2.42. The van der Waals surface area contributed by atoms with Crippen LogP contribution in [0.1, 0.15) is 55.2 Å². The quantitative estimate of drug-likeness (QED) is 0.751. The fraction of sp³-hybridized carbons (Fsp3) is 0.562. The first kappa shape index (κ1) is 11.6. The maximum atomic E-state index is 9.54. The van der Waals surface area contributed by atoms with Crippen molar-refractivity contribution in [1.82, 2.24) is 0 Å². The number of nitriles is 1. The molecule has 0 N–H and O–H groups in total. The first-order chi connectivity index (χ1) is 8.68. The zero-order valence-corrected chi connectivity index (χ0v) is 11.1. The Labute approximate surface area is 109 Å². The van der Waals surface area contributed by atoms with Gasteiger partial charge in [-0.3, -0.25) is 0 Å². The third-order valence-corrected chi connectivity index (χ3v) is 4.72. The van der Waals surface area contributed by atoms with E-state index in [0.717, 1.165) is 25.0 Å². The van der Waals surface area contributed by atoms with Crippen LogP contribution in [0, 0.1) is 11.3 Å². The van der Waals surface area contributed by atoms with Gasteiger partial charge in [-0.15, -0.1) is 0 Å². The second-order valence-corrected chi connectivity index (χ2v) is 5.82. The summed E-state index contributed by atoms with van der Waals surface area (Å²) in [6.45, 7) is 2.08. The number of hydrogen-bond acceptors (Lipinski definition) is 2. The molecule has 2 aliphatic carbocycles. The van der Waals surface area contributed by atoms with Crippen LogP contribution in [0.15, 0.2) is 12.1 Å². The summed E-state index contributed by atoms with van der Waals surface area (Å²) in [6.07, 6.45) is 5.84. The molecule has 2 atom stereocenters. The highest BCUT2D eigenvalue weighted by Gasteiger charge is 2.39. The van der Waals surface area contributed by atoms with E-state index in [4.69, 9.17) is 4.74 Å². The Morgan fingerprint density at radius 3 is 2.94 bits per heavy atom. The van der Waals surface area contributed by atoms with Gasteiger partial charge in [-0.1, -0.05) is 0 Å². The normalized spacial score (nSPS) is 29.3. The van der Waals surface area contributed by atoms with Crippen molar-refractivity contribution in [3.63, 3.8) is 0 Å². The molecule has 0 bridgehead atoms. The van der Waals surface area contributed by atoms with Crippen LogP contribution in [-0.2, 0) is 11.8 Å². The predicted molar refractivity (Wildman–Crippen MR) is 70.9 cm³/mol. The number of methoxy groups -OCH3 is 1. The molecule has 0 saturated heterocycles. The summed E-state index contributed by atoms with van der Waals surface area (Å²) in [7, 11) is 1.71. The summed E-state index contributed by atoms with van der Waals surface area (Å²) in [5.41, 5.74) is 3.79. The van der Waals surface area contributed by atoms with E-state index in [0.29, 0.717) is 5.92 Å². The highest BCUT2D eigenvalue weighted by molar-refractivity contribution is 5.52. The molecular formula is C16H19NO. The van der Waals surface area contributed by atoms with Crippen LogP contribution in [-0.4, -0.2) is 7.11 Å². The van der Waals surface area contributed by atoms with Crippen molar-refractivity contribution in [2.45, 2.75) is 50.4 Å². The number of benzene rings is 1. The second-order valence-electron chi connectivity index (χ2n) is 5.82. The maximum absolute atomic E-state index is 9.54. The molecule has 1 aromatic carbocycles. The lowest BCUT2D eigenvalue weighted by atomic mass is 9.64. The van der Waals surface area contributed by atoms with E-state index in [2.05, 4.69) is 25.1 Å². The van der Waals surface area contributed by atoms with Crippen LogP contribution in [0.2, 0.25) is 0 Å². The van der Waals surface area contributed by atoms with Crippen molar-refractivity contribution in [2.24, 2.45) is 0 Å². The van der Waals surface area contributed by atoms with Crippen molar-refractivity contribution >= 4 is 0 Å². The van der Waals surface area contributed by atoms with Gasteiger partial charge in [0, 0.05) is 0 Å². The zero-order chi connectivity index (χ0) is 12.8. The van der Waals surface area contributed by atoms with Gasteiger partial charge in [-0.2, -0.15) is 5.26 Å². The van der Waals surface area contributed by atoms with Crippen molar-refractivity contribution in [3.8, 4) is 11.8 Å². The number of nitrogens with zero attached hydrogens (tertiary/aromatic N) is 1. The number of aryl methyl sites for hydroxylation is 1. The molecule has 2 nitrogen and oxygen atoms in total. The van der Waals surface area contributed by atoms with Crippen LogP contribution < -0.4 is 4.74 Å². The third kappa shape index (κ3) is 1.54. The Bertz CT molecular complexity index is 529. The van der Waals surface area contributed by atoms with E-state index in [9.17, 15) is 5.26 Å². The van der Waals surface area contributed by atoms with Crippen molar-refractivity contribution < 1.29 is 4.74 Å². The van der Waals surface area contributed by atoms with Crippen LogP contribution in [0.25, 0.3) is 0 Å². The predicted octanol–water partition coefficient (Wildman–Crippen LogP) is 3.69. The molecule has 0 spiro atoms. The van der Waals surface area contributed by atoms with Gasteiger partial charge in [0.2, 0.25) is 0 Å². The molecule has 0 saturated carbocycles. The fourth-order valence-corrected chi connectivity index (χ4v) is 3.63. The van der Waals surface area contributed by atoms with Crippen LogP contribution in [0.5, 0.6) is 5.75 Å². The van der Waals surface area contributed by atoms with E-state index in [1.807, 2.05) is 0 Å². The average molecular weight is 241 g/mol. The molecule has 94 valence electrons. The smallest absolute Gasteiger partial charge is 0.119 e. The molecule has 2 heteroatoms. The summed E-state index contributed by atoms with van der Waals surface area (Å²) >= 11 is 0. The van der Waals surface area contributed by atoms with Crippen molar-refractivity contribution in [2.75, 3.05) is 7.11 Å². The third-order valence-electron chi connectivity index (χ3n) is 4.72. The van der Waals surface area contributed by atoms with Gasteiger partial charge < -0.3 is 4.74 Å². The molecule has 2 aliphatic rings. The molecule has 3 rings (SSSR count). The highest BCUT2D eigenvalue weighted by atomic mass is 16.5. The Balaban J connectivity index is 2.25. The molecule has 0 aromatic heterocycles. The molecule has 0 unspecified atom stereocenters. The minimum absolute atomic E-state index is 0.327. The van der Waals surface area contributed by atoms with E-state index < -0.39 is 0 Å². The van der Waals surface area contributed by atoms with Gasteiger partial charge in [-0.05, 0) is 73.8 Å². The molecule has 18 heavy (non-hydrogen) atoms. The summed E-state index contributed by atoms with van der Waals surface area (Å²) in [6, 6.07) is 6.80. The van der Waals surface area contributed by atoms with Gasteiger partial charge in [0.1, 0.15) is 5.75 Å². The number of hydrogen-bond donors (Lipinski definition) is 0. The first-order valence-electron chi connectivity index (χ1n) is 6.80.